The van der Waals surface area contributed by atoms with E-state index >= 15 is 0 Å². The zero-order valence-electron chi connectivity index (χ0n) is 8.30. The minimum absolute atomic E-state index is 0.660. The summed E-state index contributed by atoms with van der Waals surface area (Å²) >= 11 is 0. The van der Waals surface area contributed by atoms with Gasteiger partial charge in [0.15, 0.2) is 0 Å². The van der Waals surface area contributed by atoms with Gasteiger partial charge in [0.2, 0.25) is 0 Å². The van der Waals surface area contributed by atoms with Crippen molar-refractivity contribution in [3.05, 3.63) is 72.1 Å². The molecule has 0 spiro atoms. The summed E-state index contributed by atoms with van der Waals surface area (Å²) in [5, 5.41) is 0. The molecule has 0 aromatic heterocycles. The van der Waals surface area contributed by atoms with Crippen LogP contribution in [-0.2, 0) is 0 Å². The first-order valence-electron chi connectivity index (χ1n) is 4.80. The molecular formula is C13H12N2. The lowest BCUT2D eigenvalue weighted by Gasteiger charge is -2.01. The van der Waals surface area contributed by atoms with Crippen LogP contribution in [0.25, 0.3) is 0 Å². The van der Waals surface area contributed by atoms with Crippen molar-refractivity contribution in [1.82, 2.24) is 0 Å². The van der Waals surface area contributed by atoms with Gasteiger partial charge in [-0.15, -0.1) is 0 Å². The average molecular weight is 196 g/mol. The zero-order valence-corrected chi connectivity index (χ0v) is 8.30. The standard InChI is InChI=1S/C13H12N2/c14-12-8-4-5-9-13(15-10-12)11-6-2-1-3-7-11/h1-10H,14H2/b5-4?,8-4?,9-5-,12-8?,12-10?,13-9?,15-10?,15-13?. The highest BCUT2D eigenvalue weighted by Gasteiger charge is 1.97. The maximum absolute atomic E-state index is 5.68. The summed E-state index contributed by atoms with van der Waals surface area (Å²) in [4.78, 5) is 4.33. The lowest BCUT2D eigenvalue weighted by molar-refractivity contribution is 1.35. The maximum atomic E-state index is 5.68. The van der Waals surface area contributed by atoms with Gasteiger partial charge >= 0.3 is 0 Å². The number of allylic oxidation sites excluding steroid dienone is 4. The molecule has 2 heteroatoms. The smallest absolute Gasteiger partial charge is 0.0702 e. The summed E-state index contributed by atoms with van der Waals surface area (Å²) in [6.45, 7) is 0. The minimum Gasteiger partial charge on any atom is -0.397 e. The summed E-state index contributed by atoms with van der Waals surface area (Å²) in [5.41, 5.74) is 8.35. The molecule has 74 valence electrons. The quantitative estimate of drug-likeness (QED) is 0.736. The molecule has 0 saturated carbocycles. The first-order chi connectivity index (χ1) is 7.36. The van der Waals surface area contributed by atoms with E-state index in [1.54, 1.807) is 6.20 Å². The molecule has 0 bridgehead atoms. The predicted octanol–water partition coefficient (Wildman–Crippen LogP) is 2.40. The minimum atomic E-state index is 0.660. The van der Waals surface area contributed by atoms with Crippen LogP contribution in [0.3, 0.4) is 0 Å². The van der Waals surface area contributed by atoms with Crippen LogP contribution in [0, 0.1) is 0 Å². The highest BCUT2D eigenvalue weighted by atomic mass is 14.7. The molecule has 0 atom stereocenters. The number of nitrogens with two attached hydrogens (primary N) is 1. The molecule has 1 heterocycles. The van der Waals surface area contributed by atoms with E-state index in [2.05, 4.69) is 4.99 Å². The predicted molar refractivity (Wildman–Crippen MR) is 63.5 cm³/mol. The van der Waals surface area contributed by atoms with Crippen LogP contribution >= 0.6 is 0 Å². The van der Waals surface area contributed by atoms with Gasteiger partial charge in [-0.05, 0) is 12.2 Å². The fraction of sp³-hybridized carbons (Fsp3) is 0. The van der Waals surface area contributed by atoms with Crippen LogP contribution in [0.4, 0.5) is 0 Å². The molecule has 1 aromatic rings. The Morgan fingerprint density at radius 1 is 0.933 bits per heavy atom. The van der Waals surface area contributed by atoms with Gasteiger partial charge in [0.25, 0.3) is 0 Å². The Bertz CT molecular complexity index is 451. The van der Waals surface area contributed by atoms with Crippen molar-refractivity contribution in [2.45, 2.75) is 0 Å². The summed E-state index contributed by atoms with van der Waals surface area (Å²) in [6.07, 6.45) is 9.30. The zero-order chi connectivity index (χ0) is 10.5. The van der Waals surface area contributed by atoms with Crippen molar-refractivity contribution in [2.24, 2.45) is 10.7 Å². The second kappa shape index (κ2) is 4.42. The molecule has 0 fully saturated rings. The monoisotopic (exact) mass is 196 g/mol. The van der Waals surface area contributed by atoms with Gasteiger partial charge in [0.05, 0.1) is 11.9 Å². The van der Waals surface area contributed by atoms with E-state index in [1.165, 1.54) is 0 Å². The highest BCUT2D eigenvalue weighted by molar-refractivity contribution is 6.09. The molecular weight excluding hydrogens is 184 g/mol. The Morgan fingerprint density at radius 2 is 1.67 bits per heavy atom. The fourth-order valence-electron chi connectivity index (χ4n) is 1.32. The fourth-order valence-corrected chi connectivity index (χ4v) is 1.32. The van der Waals surface area contributed by atoms with E-state index in [9.17, 15) is 0 Å². The van der Waals surface area contributed by atoms with Crippen LogP contribution in [0.1, 0.15) is 5.56 Å². The Balaban J connectivity index is 2.37. The summed E-state index contributed by atoms with van der Waals surface area (Å²) in [5.74, 6) is 0. The summed E-state index contributed by atoms with van der Waals surface area (Å²) in [7, 11) is 0. The molecule has 2 rings (SSSR count). The Morgan fingerprint density at radius 3 is 2.47 bits per heavy atom. The second-order valence-corrected chi connectivity index (χ2v) is 3.23. The molecule has 0 radical (unpaired) electrons. The molecule has 0 saturated heterocycles. The molecule has 1 aromatic carbocycles. The second-order valence-electron chi connectivity index (χ2n) is 3.23. The summed E-state index contributed by atoms with van der Waals surface area (Å²) in [6, 6.07) is 10.0. The van der Waals surface area contributed by atoms with Crippen LogP contribution in [0.15, 0.2) is 71.5 Å². The van der Waals surface area contributed by atoms with E-state index in [1.807, 2.05) is 54.6 Å². The Labute approximate surface area is 89.1 Å². The van der Waals surface area contributed by atoms with Crippen molar-refractivity contribution >= 4 is 5.71 Å². The van der Waals surface area contributed by atoms with Crippen molar-refractivity contribution in [2.75, 3.05) is 0 Å². The van der Waals surface area contributed by atoms with Gasteiger partial charge in [0, 0.05) is 11.3 Å². The van der Waals surface area contributed by atoms with Gasteiger partial charge in [-0.1, -0.05) is 42.5 Å². The van der Waals surface area contributed by atoms with Crippen LogP contribution in [0.2, 0.25) is 0 Å². The van der Waals surface area contributed by atoms with Crippen molar-refractivity contribution < 1.29 is 0 Å². The number of nitrogens with zero attached hydrogens (tertiary/aromatic N) is 1. The van der Waals surface area contributed by atoms with E-state index in [-0.39, 0.29) is 0 Å². The number of hydrogen-bond acceptors (Lipinski definition) is 2. The van der Waals surface area contributed by atoms with Gasteiger partial charge in [-0.25, -0.2) is 0 Å². The van der Waals surface area contributed by atoms with Crippen molar-refractivity contribution in [1.29, 1.82) is 0 Å². The normalized spacial score (nSPS) is 17.3. The van der Waals surface area contributed by atoms with E-state index in [0.717, 1.165) is 11.3 Å². The third-order valence-corrected chi connectivity index (χ3v) is 2.08. The lowest BCUT2D eigenvalue weighted by Crippen LogP contribution is -1.98. The van der Waals surface area contributed by atoms with Crippen molar-refractivity contribution in [3.8, 4) is 0 Å². The SMILES string of the molecule is NC1=CN=C(c2ccccc2)/C=C\C=C1. The van der Waals surface area contributed by atoms with E-state index < -0.39 is 0 Å². The van der Waals surface area contributed by atoms with Crippen molar-refractivity contribution in [3.63, 3.8) is 0 Å². The summed E-state index contributed by atoms with van der Waals surface area (Å²) < 4.78 is 0. The molecule has 0 amide bonds. The molecule has 0 aliphatic carbocycles. The highest BCUT2D eigenvalue weighted by Crippen LogP contribution is 2.05. The van der Waals surface area contributed by atoms with Gasteiger partial charge in [-0.3, -0.25) is 4.99 Å². The third kappa shape index (κ3) is 2.44. The third-order valence-electron chi connectivity index (χ3n) is 2.08. The Hall–Kier alpha value is -2.09. The average Bonchev–Trinajstić information content (AvgIpc) is 2.25. The number of hydrogen-bond donors (Lipinski definition) is 1. The molecule has 0 unspecified atom stereocenters. The number of benzene rings is 1. The van der Waals surface area contributed by atoms with Gasteiger partial charge in [-0.2, -0.15) is 0 Å². The molecule has 2 N–H and O–H groups in total. The first-order valence-corrected chi connectivity index (χ1v) is 4.80. The number of aliphatic imine (C=N–C) groups is 1. The largest absolute Gasteiger partial charge is 0.397 e. The van der Waals surface area contributed by atoms with E-state index in [4.69, 9.17) is 5.73 Å². The Kier molecular flexibility index (Phi) is 2.79. The maximum Gasteiger partial charge on any atom is 0.0702 e. The molecule has 2 nitrogen and oxygen atoms in total. The van der Waals surface area contributed by atoms with Crippen LogP contribution in [-0.4, -0.2) is 5.71 Å². The topological polar surface area (TPSA) is 38.4 Å². The first kappa shape index (κ1) is 9.46. The van der Waals surface area contributed by atoms with Crippen LogP contribution < -0.4 is 5.73 Å². The number of rotatable bonds is 1. The lowest BCUT2D eigenvalue weighted by atomic mass is 10.1. The molecule has 1 aliphatic rings. The van der Waals surface area contributed by atoms with Gasteiger partial charge < -0.3 is 5.73 Å². The van der Waals surface area contributed by atoms with Gasteiger partial charge in [0.1, 0.15) is 0 Å². The molecule has 1 aliphatic heterocycles. The molecule has 15 heavy (non-hydrogen) atoms. The van der Waals surface area contributed by atoms with Crippen LogP contribution in [0.5, 0.6) is 0 Å². The van der Waals surface area contributed by atoms with E-state index in [0.29, 0.717) is 5.70 Å².